The Kier molecular flexibility index (Phi) is 3.77. The Morgan fingerprint density at radius 1 is 1.17 bits per heavy atom. The van der Waals surface area contributed by atoms with Crippen LogP contribution in [0, 0.1) is 12.7 Å². The summed E-state index contributed by atoms with van der Waals surface area (Å²) in [5.74, 6) is -0.621. The summed E-state index contributed by atoms with van der Waals surface area (Å²) >= 11 is 3.37. The molecule has 0 unspecified atom stereocenters. The Labute approximate surface area is 113 Å². The van der Waals surface area contributed by atoms with E-state index in [1.54, 1.807) is 0 Å². The summed E-state index contributed by atoms with van der Waals surface area (Å²) < 4.78 is 13.6. The maximum absolute atomic E-state index is 12.8. The zero-order chi connectivity index (χ0) is 13.1. The van der Waals surface area contributed by atoms with Crippen LogP contribution in [0.15, 0.2) is 46.9 Å². The Hall–Kier alpha value is -1.68. The molecule has 0 saturated carbocycles. The maximum atomic E-state index is 12.8. The summed E-state index contributed by atoms with van der Waals surface area (Å²) in [7, 11) is 0. The molecule has 0 saturated heterocycles. The van der Waals surface area contributed by atoms with Gasteiger partial charge in [-0.25, -0.2) is 4.39 Å². The van der Waals surface area contributed by atoms with E-state index in [0.717, 1.165) is 10.0 Å². The highest BCUT2D eigenvalue weighted by Gasteiger charge is 2.08. The lowest BCUT2D eigenvalue weighted by atomic mass is 10.2. The number of benzene rings is 2. The summed E-state index contributed by atoms with van der Waals surface area (Å²) in [6.07, 6.45) is 0. The number of halogens is 2. The molecule has 0 atom stereocenters. The lowest BCUT2D eigenvalue weighted by Crippen LogP contribution is -2.12. The van der Waals surface area contributed by atoms with E-state index in [1.165, 1.54) is 24.3 Å². The number of nitrogens with one attached hydrogen (secondary N) is 1. The molecule has 0 aliphatic carbocycles. The standard InChI is InChI=1S/C14H11BrFNO/c1-9-2-7-12(15)13(8-9)17-14(18)10-3-5-11(16)6-4-10/h2-8H,1H3,(H,17,18). The monoisotopic (exact) mass is 307 g/mol. The van der Waals surface area contributed by atoms with Gasteiger partial charge in [-0.2, -0.15) is 0 Å². The molecule has 0 spiro atoms. The highest BCUT2D eigenvalue weighted by atomic mass is 79.9. The molecular weight excluding hydrogens is 297 g/mol. The minimum Gasteiger partial charge on any atom is -0.321 e. The molecule has 0 aromatic heterocycles. The third-order valence-electron chi connectivity index (χ3n) is 2.48. The number of anilines is 1. The van der Waals surface area contributed by atoms with Crippen LogP contribution in [0.25, 0.3) is 0 Å². The number of hydrogen-bond acceptors (Lipinski definition) is 1. The van der Waals surface area contributed by atoms with Crippen molar-refractivity contribution in [2.45, 2.75) is 6.92 Å². The lowest BCUT2D eigenvalue weighted by Gasteiger charge is -2.08. The number of amides is 1. The molecule has 2 aromatic carbocycles. The smallest absolute Gasteiger partial charge is 0.255 e. The van der Waals surface area contributed by atoms with Crippen molar-refractivity contribution >= 4 is 27.5 Å². The fourth-order valence-electron chi connectivity index (χ4n) is 1.53. The van der Waals surface area contributed by atoms with Gasteiger partial charge in [0.05, 0.1) is 5.69 Å². The fraction of sp³-hybridized carbons (Fsp3) is 0.0714. The number of aryl methyl sites for hydroxylation is 1. The van der Waals surface area contributed by atoms with Crippen LogP contribution < -0.4 is 5.32 Å². The maximum Gasteiger partial charge on any atom is 0.255 e. The molecule has 1 N–H and O–H groups in total. The van der Waals surface area contributed by atoms with Gasteiger partial charge in [-0.15, -0.1) is 0 Å². The van der Waals surface area contributed by atoms with Crippen LogP contribution in [0.4, 0.5) is 10.1 Å². The van der Waals surface area contributed by atoms with Crippen LogP contribution in [-0.2, 0) is 0 Å². The predicted molar refractivity (Wildman–Crippen MR) is 73.2 cm³/mol. The van der Waals surface area contributed by atoms with Gasteiger partial charge in [0.1, 0.15) is 5.82 Å². The van der Waals surface area contributed by atoms with Crippen LogP contribution in [0.3, 0.4) is 0 Å². The zero-order valence-corrected chi connectivity index (χ0v) is 11.3. The molecule has 4 heteroatoms. The van der Waals surface area contributed by atoms with Crippen molar-refractivity contribution in [1.29, 1.82) is 0 Å². The van der Waals surface area contributed by atoms with Gasteiger partial charge >= 0.3 is 0 Å². The van der Waals surface area contributed by atoms with E-state index in [-0.39, 0.29) is 11.7 Å². The second-order valence-corrected chi connectivity index (χ2v) is 4.80. The second-order valence-electron chi connectivity index (χ2n) is 3.94. The van der Waals surface area contributed by atoms with E-state index < -0.39 is 0 Å². The Morgan fingerprint density at radius 2 is 1.83 bits per heavy atom. The van der Waals surface area contributed by atoms with Crippen LogP contribution in [0.5, 0.6) is 0 Å². The SMILES string of the molecule is Cc1ccc(Br)c(NC(=O)c2ccc(F)cc2)c1. The number of rotatable bonds is 2. The van der Waals surface area contributed by atoms with Gasteiger partial charge in [-0.05, 0) is 64.8 Å². The average Bonchev–Trinajstić information content (AvgIpc) is 2.34. The first-order valence-electron chi connectivity index (χ1n) is 5.39. The molecule has 0 heterocycles. The minimum absolute atomic E-state index is 0.263. The highest BCUT2D eigenvalue weighted by Crippen LogP contribution is 2.23. The molecule has 18 heavy (non-hydrogen) atoms. The molecule has 2 aromatic rings. The molecule has 2 nitrogen and oxygen atoms in total. The van der Waals surface area contributed by atoms with Gasteiger partial charge < -0.3 is 5.32 Å². The van der Waals surface area contributed by atoms with E-state index >= 15 is 0 Å². The van der Waals surface area contributed by atoms with Gasteiger partial charge in [0.2, 0.25) is 0 Å². The third kappa shape index (κ3) is 2.96. The van der Waals surface area contributed by atoms with Crippen LogP contribution >= 0.6 is 15.9 Å². The van der Waals surface area contributed by atoms with Crippen molar-refractivity contribution in [2.75, 3.05) is 5.32 Å². The first kappa shape index (κ1) is 12.8. The Balaban J connectivity index is 2.21. The number of carbonyl (C=O) groups is 1. The van der Waals surface area contributed by atoms with Crippen LogP contribution in [-0.4, -0.2) is 5.91 Å². The van der Waals surface area contributed by atoms with Crippen molar-refractivity contribution < 1.29 is 9.18 Å². The van der Waals surface area contributed by atoms with Crippen molar-refractivity contribution in [1.82, 2.24) is 0 Å². The molecule has 0 radical (unpaired) electrons. The lowest BCUT2D eigenvalue weighted by molar-refractivity contribution is 0.102. The molecule has 0 bridgehead atoms. The van der Waals surface area contributed by atoms with Gasteiger partial charge in [0.15, 0.2) is 0 Å². The summed E-state index contributed by atoms with van der Waals surface area (Å²) in [4.78, 5) is 11.9. The van der Waals surface area contributed by atoms with Crippen LogP contribution in [0.1, 0.15) is 15.9 Å². The van der Waals surface area contributed by atoms with Gasteiger partial charge in [0.25, 0.3) is 5.91 Å². The highest BCUT2D eigenvalue weighted by molar-refractivity contribution is 9.10. The fourth-order valence-corrected chi connectivity index (χ4v) is 1.88. The van der Waals surface area contributed by atoms with E-state index in [9.17, 15) is 9.18 Å². The van der Waals surface area contributed by atoms with Gasteiger partial charge in [-0.3, -0.25) is 4.79 Å². The Morgan fingerprint density at radius 3 is 2.50 bits per heavy atom. The molecule has 0 aliphatic heterocycles. The summed E-state index contributed by atoms with van der Waals surface area (Å²) in [5.41, 5.74) is 2.17. The predicted octanol–water partition coefficient (Wildman–Crippen LogP) is 4.15. The van der Waals surface area contributed by atoms with E-state index in [0.29, 0.717) is 11.3 Å². The molecule has 92 valence electrons. The quantitative estimate of drug-likeness (QED) is 0.887. The van der Waals surface area contributed by atoms with E-state index in [4.69, 9.17) is 0 Å². The topological polar surface area (TPSA) is 29.1 Å². The van der Waals surface area contributed by atoms with Gasteiger partial charge in [-0.1, -0.05) is 6.07 Å². The molecule has 1 amide bonds. The first-order chi connectivity index (χ1) is 8.56. The van der Waals surface area contributed by atoms with Crippen molar-refractivity contribution in [3.05, 3.63) is 63.9 Å². The molecule has 2 rings (SSSR count). The molecular formula is C14H11BrFNO. The third-order valence-corrected chi connectivity index (χ3v) is 3.17. The average molecular weight is 308 g/mol. The molecule has 0 aliphatic rings. The minimum atomic E-state index is -0.358. The van der Waals surface area contributed by atoms with Gasteiger partial charge in [0, 0.05) is 10.0 Å². The van der Waals surface area contributed by atoms with Crippen molar-refractivity contribution in [3.8, 4) is 0 Å². The van der Waals surface area contributed by atoms with Crippen molar-refractivity contribution in [2.24, 2.45) is 0 Å². The summed E-state index contributed by atoms with van der Waals surface area (Å²) in [6, 6.07) is 11.1. The second kappa shape index (κ2) is 5.31. The van der Waals surface area contributed by atoms with Crippen LogP contribution in [0.2, 0.25) is 0 Å². The zero-order valence-electron chi connectivity index (χ0n) is 9.71. The normalized spacial score (nSPS) is 10.2. The van der Waals surface area contributed by atoms with Crippen molar-refractivity contribution in [3.63, 3.8) is 0 Å². The summed E-state index contributed by atoms with van der Waals surface area (Å²) in [6.45, 7) is 1.94. The Bertz CT molecular complexity index is 581. The largest absolute Gasteiger partial charge is 0.321 e. The molecule has 0 fully saturated rings. The number of hydrogen-bond donors (Lipinski definition) is 1. The van der Waals surface area contributed by atoms with E-state index in [1.807, 2.05) is 25.1 Å². The first-order valence-corrected chi connectivity index (χ1v) is 6.18. The summed E-state index contributed by atoms with van der Waals surface area (Å²) in [5, 5.41) is 2.78. The number of carbonyl (C=O) groups excluding carboxylic acids is 1. The van der Waals surface area contributed by atoms with E-state index in [2.05, 4.69) is 21.2 Å².